The predicted molar refractivity (Wildman–Crippen MR) is 80.5 cm³/mol. The van der Waals surface area contributed by atoms with E-state index in [4.69, 9.17) is 0 Å². The topological polar surface area (TPSA) is 40.5 Å². The number of benzene rings is 1. The van der Waals surface area contributed by atoms with Crippen molar-refractivity contribution in [1.82, 2.24) is 4.90 Å². The number of aliphatic hydroxyl groups is 1. The third-order valence-corrected chi connectivity index (χ3v) is 4.29. The van der Waals surface area contributed by atoms with Crippen molar-refractivity contribution in [2.75, 3.05) is 19.4 Å². The molecule has 0 atom stereocenters. The minimum absolute atomic E-state index is 0.0274. The van der Waals surface area contributed by atoms with Crippen molar-refractivity contribution >= 4 is 17.7 Å². The highest BCUT2D eigenvalue weighted by Gasteiger charge is 2.26. The molecule has 1 aromatic rings. The zero-order valence-corrected chi connectivity index (χ0v) is 13.0. The fraction of sp³-hybridized carbons (Fsp3) is 0.533. The van der Waals surface area contributed by atoms with Gasteiger partial charge in [0, 0.05) is 24.1 Å². The summed E-state index contributed by atoms with van der Waals surface area (Å²) in [6.45, 7) is 5.75. The summed E-state index contributed by atoms with van der Waals surface area (Å²) in [5, 5.41) is 9.24. The quantitative estimate of drug-likeness (QED) is 0.815. The van der Waals surface area contributed by atoms with Gasteiger partial charge in [-0.15, -0.1) is 11.8 Å². The molecule has 0 fully saturated rings. The Kier molecular flexibility index (Phi) is 5.88. The standard InChI is InChI=1S/C15H23NO2S/c1-12-5-7-13(8-6-12)19-10-9-14(18)16(4)15(2,3)11-17/h5-8,17H,9-11H2,1-4H3. The maximum absolute atomic E-state index is 12.0. The molecule has 0 aromatic heterocycles. The van der Waals surface area contributed by atoms with E-state index in [1.54, 1.807) is 23.7 Å². The van der Waals surface area contributed by atoms with Gasteiger partial charge in [-0.3, -0.25) is 4.79 Å². The van der Waals surface area contributed by atoms with Crippen molar-refractivity contribution in [3.63, 3.8) is 0 Å². The maximum Gasteiger partial charge on any atom is 0.223 e. The molecule has 0 aliphatic heterocycles. The largest absolute Gasteiger partial charge is 0.394 e. The number of carbonyl (C=O) groups excluding carboxylic acids is 1. The van der Waals surface area contributed by atoms with Gasteiger partial charge in [0.05, 0.1) is 12.1 Å². The van der Waals surface area contributed by atoms with E-state index in [0.29, 0.717) is 6.42 Å². The fourth-order valence-corrected chi connectivity index (χ4v) is 2.34. The van der Waals surface area contributed by atoms with E-state index in [-0.39, 0.29) is 12.5 Å². The van der Waals surface area contributed by atoms with Crippen LogP contribution in [0.15, 0.2) is 29.2 Å². The van der Waals surface area contributed by atoms with Crippen LogP contribution in [0.1, 0.15) is 25.8 Å². The number of carbonyl (C=O) groups is 1. The van der Waals surface area contributed by atoms with E-state index in [1.807, 2.05) is 13.8 Å². The van der Waals surface area contributed by atoms with Crippen LogP contribution in [0.4, 0.5) is 0 Å². The molecule has 0 spiro atoms. The van der Waals surface area contributed by atoms with Crippen LogP contribution in [0.3, 0.4) is 0 Å². The Balaban J connectivity index is 2.41. The van der Waals surface area contributed by atoms with Crippen molar-refractivity contribution in [1.29, 1.82) is 0 Å². The minimum atomic E-state index is -0.494. The maximum atomic E-state index is 12.0. The van der Waals surface area contributed by atoms with E-state index >= 15 is 0 Å². The summed E-state index contributed by atoms with van der Waals surface area (Å²) in [5.41, 5.74) is 0.746. The van der Waals surface area contributed by atoms with E-state index < -0.39 is 5.54 Å². The van der Waals surface area contributed by atoms with Crippen LogP contribution < -0.4 is 0 Å². The van der Waals surface area contributed by atoms with Crippen molar-refractivity contribution in [2.24, 2.45) is 0 Å². The van der Waals surface area contributed by atoms with E-state index in [2.05, 4.69) is 31.2 Å². The molecule has 19 heavy (non-hydrogen) atoms. The summed E-state index contributed by atoms with van der Waals surface area (Å²) in [6, 6.07) is 8.30. The zero-order chi connectivity index (χ0) is 14.5. The lowest BCUT2D eigenvalue weighted by Gasteiger charge is -2.34. The van der Waals surface area contributed by atoms with Crippen LogP contribution >= 0.6 is 11.8 Å². The third-order valence-electron chi connectivity index (χ3n) is 3.27. The van der Waals surface area contributed by atoms with Crippen molar-refractivity contribution in [3.05, 3.63) is 29.8 Å². The van der Waals surface area contributed by atoms with Gasteiger partial charge in [0.15, 0.2) is 0 Å². The molecule has 0 radical (unpaired) electrons. The summed E-state index contributed by atoms with van der Waals surface area (Å²) < 4.78 is 0. The highest BCUT2D eigenvalue weighted by atomic mass is 32.2. The summed E-state index contributed by atoms with van der Waals surface area (Å²) in [4.78, 5) is 14.8. The Labute approximate surface area is 120 Å². The second-order valence-corrected chi connectivity index (χ2v) is 6.50. The molecule has 0 saturated carbocycles. The average molecular weight is 281 g/mol. The van der Waals surface area contributed by atoms with Gasteiger partial charge in [-0.05, 0) is 32.9 Å². The number of amides is 1. The molecule has 1 aromatic carbocycles. The number of rotatable bonds is 6. The smallest absolute Gasteiger partial charge is 0.223 e. The highest BCUT2D eigenvalue weighted by Crippen LogP contribution is 2.20. The molecule has 1 N–H and O–H groups in total. The summed E-state index contributed by atoms with van der Waals surface area (Å²) in [5.74, 6) is 0.826. The Hall–Kier alpha value is -1.00. The number of thioether (sulfide) groups is 1. The number of nitrogens with zero attached hydrogens (tertiary/aromatic N) is 1. The first-order chi connectivity index (χ1) is 8.86. The van der Waals surface area contributed by atoms with Gasteiger partial charge >= 0.3 is 0 Å². The number of likely N-dealkylation sites (N-methyl/N-ethyl adjacent to an activating group) is 1. The molecule has 0 aliphatic rings. The monoisotopic (exact) mass is 281 g/mol. The molecule has 0 aliphatic carbocycles. The summed E-state index contributed by atoms with van der Waals surface area (Å²) >= 11 is 1.68. The molecule has 1 rings (SSSR count). The van der Waals surface area contributed by atoms with Crippen LogP contribution in [0.5, 0.6) is 0 Å². The van der Waals surface area contributed by atoms with Crippen molar-refractivity contribution in [3.8, 4) is 0 Å². The molecular formula is C15H23NO2S. The first-order valence-corrected chi connectivity index (χ1v) is 7.42. The fourth-order valence-electron chi connectivity index (χ4n) is 1.50. The third kappa shape index (κ3) is 4.88. The minimum Gasteiger partial charge on any atom is -0.394 e. The molecule has 1 amide bonds. The van der Waals surface area contributed by atoms with E-state index in [1.165, 1.54) is 10.5 Å². The molecule has 0 unspecified atom stereocenters. The number of aliphatic hydroxyl groups excluding tert-OH is 1. The van der Waals surface area contributed by atoms with Gasteiger partial charge < -0.3 is 10.0 Å². The van der Waals surface area contributed by atoms with Crippen LogP contribution in [0.2, 0.25) is 0 Å². The van der Waals surface area contributed by atoms with Crippen LogP contribution in [-0.2, 0) is 4.79 Å². The molecule has 0 saturated heterocycles. The SMILES string of the molecule is Cc1ccc(SCCC(=O)N(C)C(C)(C)CO)cc1. The van der Waals surface area contributed by atoms with E-state index in [9.17, 15) is 9.90 Å². The van der Waals surface area contributed by atoms with Gasteiger partial charge in [-0.1, -0.05) is 17.7 Å². The van der Waals surface area contributed by atoms with Crippen LogP contribution in [0.25, 0.3) is 0 Å². The lowest BCUT2D eigenvalue weighted by Crippen LogP contribution is -2.47. The first-order valence-electron chi connectivity index (χ1n) is 6.44. The molecule has 3 nitrogen and oxygen atoms in total. The van der Waals surface area contributed by atoms with Gasteiger partial charge in [0.25, 0.3) is 0 Å². The number of hydrogen-bond acceptors (Lipinski definition) is 3. The molecular weight excluding hydrogens is 258 g/mol. The molecule has 106 valence electrons. The van der Waals surface area contributed by atoms with Crippen LogP contribution in [-0.4, -0.2) is 40.9 Å². The lowest BCUT2D eigenvalue weighted by molar-refractivity contribution is -0.135. The lowest BCUT2D eigenvalue weighted by atomic mass is 10.1. The summed E-state index contributed by atoms with van der Waals surface area (Å²) in [6.07, 6.45) is 0.485. The second kappa shape index (κ2) is 6.96. The van der Waals surface area contributed by atoms with Crippen LogP contribution in [0, 0.1) is 6.92 Å². The van der Waals surface area contributed by atoms with Crippen molar-refractivity contribution < 1.29 is 9.90 Å². The van der Waals surface area contributed by atoms with Gasteiger partial charge in [0.2, 0.25) is 5.91 Å². The first kappa shape index (κ1) is 16.1. The Morgan fingerprint density at radius 2 is 1.89 bits per heavy atom. The number of aryl methyl sites for hydroxylation is 1. The molecule has 0 heterocycles. The summed E-state index contributed by atoms with van der Waals surface area (Å²) in [7, 11) is 1.75. The Morgan fingerprint density at radius 1 is 1.32 bits per heavy atom. The Bertz CT molecular complexity index is 415. The highest BCUT2D eigenvalue weighted by molar-refractivity contribution is 7.99. The number of hydrogen-bond donors (Lipinski definition) is 1. The van der Waals surface area contributed by atoms with E-state index in [0.717, 1.165) is 5.75 Å². The Morgan fingerprint density at radius 3 is 2.42 bits per heavy atom. The predicted octanol–water partition coefficient (Wildman–Crippen LogP) is 2.71. The van der Waals surface area contributed by atoms with Gasteiger partial charge in [-0.25, -0.2) is 0 Å². The second-order valence-electron chi connectivity index (χ2n) is 5.33. The van der Waals surface area contributed by atoms with Gasteiger partial charge in [-0.2, -0.15) is 0 Å². The molecule has 0 bridgehead atoms. The zero-order valence-electron chi connectivity index (χ0n) is 12.1. The van der Waals surface area contributed by atoms with Crippen molar-refractivity contribution in [2.45, 2.75) is 37.6 Å². The van der Waals surface area contributed by atoms with Gasteiger partial charge in [0.1, 0.15) is 0 Å². The average Bonchev–Trinajstić information content (AvgIpc) is 2.40. The normalized spacial score (nSPS) is 11.4. The molecule has 4 heteroatoms.